The number of hydrogen-bond donors (Lipinski definition) is 0. The third-order valence-corrected chi connectivity index (χ3v) is 8.28. The van der Waals surface area contributed by atoms with Gasteiger partial charge in [-0.15, -0.1) is 16.4 Å². The molecule has 0 aliphatic heterocycles. The van der Waals surface area contributed by atoms with Crippen molar-refractivity contribution in [2.24, 2.45) is 0 Å². The zero-order chi connectivity index (χ0) is 38.4. The van der Waals surface area contributed by atoms with E-state index < -0.39 is 110 Å². The Morgan fingerprint density at radius 2 is 0.490 bits per heavy atom. The fourth-order valence-corrected chi connectivity index (χ4v) is 5.23. The van der Waals surface area contributed by atoms with E-state index in [1.54, 1.807) is 0 Å². The van der Waals surface area contributed by atoms with E-state index in [-0.39, 0.29) is 40.1 Å². The van der Waals surface area contributed by atoms with Crippen LogP contribution in [0.15, 0.2) is 12.2 Å². The van der Waals surface area contributed by atoms with Gasteiger partial charge in [0.15, 0.2) is 52.4 Å². The normalized spacial score (nSPS) is 14.3. The summed E-state index contributed by atoms with van der Waals surface area (Å²) in [4.78, 5) is 0. The molecule has 3 aromatic rings. The summed E-state index contributed by atoms with van der Waals surface area (Å²) < 4.78 is 212. The van der Waals surface area contributed by atoms with Crippen molar-refractivity contribution < 1.29 is 91.7 Å². The molecule has 0 atom stereocenters. The van der Waals surface area contributed by atoms with Gasteiger partial charge < -0.3 is 7.43 Å². The molecule has 0 amide bonds. The van der Waals surface area contributed by atoms with E-state index in [4.69, 9.17) is 0 Å². The molecule has 1 fully saturated rings. The van der Waals surface area contributed by atoms with E-state index >= 15 is 0 Å². The molecule has 3 aromatic carbocycles. The van der Waals surface area contributed by atoms with Gasteiger partial charge in [-0.2, -0.15) is 6.82 Å². The van der Waals surface area contributed by atoms with Crippen molar-refractivity contribution in [1.82, 2.24) is 0 Å². The molecule has 0 N–H and O–H groups in total. The maximum absolute atomic E-state index is 14.6. The predicted octanol–water partition coefficient (Wildman–Crippen LogP) is 9.69. The van der Waals surface area contributed by atoms with Gasteiger partial charge in [-0.25, -0.2) is 84.9 Å². The van der Waals surface area contributed by atoms with Gasteiger partial charge >= 0.3 is 25.8 Å². The first-order chi connectivity index (χ1) is 22.3. The van der Waals surface area contributed by atoms with E-state index in [0.717, 1.165) is 5.57 Å². The van der Waals surface area contributed by atoms with Crippen LogP contribution in [-0.2, 0) is 25.8 Å². The van der Waals surface area contributed by atoms with Crippen LogP contribution in [0.25, 0.3) is 0 Å². The summed E-state index contributed by atoms with van der Waals surface area (Å²) in [5, 5.41) is 0. The second kappa shape index (κ2) is 17.8. The van der Waals surface area contributed by atoms with Gasteiger partial charge in [0.05, 0.1) is 0 Å². The third kappa shape index (κ3) is 8.37. The number of hydrogen-bond acceptors (Lipinski definition) is 0. The average molecular weight is 911 g/mol. The number of rotatable bonds is 3. The molecule has 0 spiro atoms. The second-order valence-corrected chi connectivity index (χ2v) is 11.3. The Balaban J connectivity index is 0.00000131. The van der Waals surface area contributed by atoms with Crippen molar-refractivity contribution in [1.29, 1.82) is 0 Å². The van der Waals surface area contributed by atoms with Crippen molar-refractivity contribution in [3.8, 4) is 0 Å². The Bertz CT molecular complexity index is 1470. The summed E-state index contributed by atoms with van der Waals surface area (Å²) in [6, 6.07) is 0. The first-order valence-electron chi connectivity index (χ1n) is 13.7. The molecule has 275 valence electrons. The summed E-state index contributed by atoms with van der Waals surface area (Å²) in [5.41, 5.74) is -6.98. The molecule has 1 aliphatic rings. The van der Waals surface area contributed by atoms with Gasteiger partial charge in [-0.05, 0) is 29.6 Å². The Morgan fingerprint density at radius 1 is 0.392 bits per heavy atom. The van der Waals surface area contributed by atoms with Crippen molar-refractivity contribution in [2.45, 2.75) is 48.4 Å². The maximum Gasteiger partial charge on any atom is 4.00 e. The van der Waals surface area contributed by atoms with Crippen molar-refractivity contribution in [3.63, 3.8) is 0 Å². The molecule has 0 aromatic heterocycles. The summed E-state index contributed by atoms with van der Waals surface area (Å²) in [5.74, 6) is -37.7. The Hall–Kier alpha value is -2.84. The first kappa shape index (κ1) is 48.2. The minimum Gasteiger partial charge on any atom is -0.358 e. The van der Waals surface area contributed by atoms with E-state index in [1.807, 2.05) is 6.92 Å². The van der Waals surface area contributed by atoms with Gasteiger partial charge in [0, 0.05) is 0 Å². The number of benzene rings is 3. The molecule has 0 heterocycles. The summed E-state index contributed by atoms with van der Waals surface area (Å²) >= 11 is 0. The average Bonchev–Trinajstić information content (AvgIpc) is 3.20. The van der Waals surface area contributed by atoms with Crippen LogP contribution in [0.3, 0.4) is 0 Å². The molecule has 0 nitrogen and oxygen atoms in total. The standard InChI is InChI=1S/C19H3BF15.C10H15.C4H7.CH3.Hf/c1-20(2-5(21)11(27)17(33)12(28)6(2)22,3-7(23)13(29)18(34)14(30)8(3)24)4-9(25)15(31)19(35)16(32)10(4)26;1-6-7(2)9(4)10(5)8(6)3;1-4(2)3;;/h1H3;1-5H3;1-2H2,3H3;1H3;/q-1;;2*-1;+4. The summed E-state index contributed by atoms with van der Waals surface area (Å²) in [6.45, 7) is 19.5. The summed E-state index contributed by atoms with van der Waals surface area (Å²) in [7, 11) is 0. The molecule has 5 radical (unpaired) electrons. The largest absolute Gasteiger partial charge is 4.00 e. The van der Waals surface area contributed by atoms with Crippen LogP contribution in [0.2, 0.25) is 6.82 Å². The molecule has 1 aliphatic carbocycles. The fraction of sp³-hybridized carbons (Fsp3) is 0.206. The predicted molar refractivity (Wildman–Crippen MR) is 160 cm³/mol. The van der Waals surface area contributed by atoms with E-state index in [1.165, 1.54) is 29.6 Å². The molecule has 0 bridgehead atoms. The van der Waals surface area contributed by atoms with Crippen LogP contribution in [0, 0.1) is 131 Å². The molecule has 0 unspecified atom stereocenters. The van der Waals surface area contributed by atoms with Gasteiger partial charge in [0.1, 0.15) is 41.0 Å². The topological polar surface area (TPSA) is 0 Å². The quantitative estimate of drug-likeness (QED) is 0.0808. The number of halogens is 15. The molecule has 1 saturated carbocycles. The Kier molecular flexibility index (Phi) is 16.8. The zero-order valence-electron chi connectivity index (χ0n) is 28.2. The first-order valence-corrected chi connectivity index (χ1v) is 13.7. The van der Waals surface area contributed by atoms with Crippen molar-refractivity contribution in [3.05, 3.63) is 143 Å². The van der Waals surface area contributed by atoms with E-state index in [9.17, 15) is 65.9 Å². The van der Waals surface area contributed by atoms with Crippen molar-refractivity contribution in [2.75, 3.05) is 0 Å². The fourth-order valence-electron chi connectivity index (χ4n) is 5.23. The molecule has 51 heavy (non-hydrogen) atoms. The minimum absolute atomic E-state index is 0. The van der Waals surface area contributed by atoms with Crippen LogP contribution in [0.1, 0.15) is 41.5 Å². The Morgan fingerprint density at radius 3 is 0.608 bits per heavy atom. The van der Waals surface area contributed by atoms with Gasteiger partial charge in [-0.3, -0.25) is 0 Å². The van der Waals surface area contributed by atoms with E-state index in [2.05, 4.69) is 48.1 Å². The van der Waals surface area contributed by atoms with E-state index in [0.29, 0.717) is 0 Å². The zero-order valence-corrected chi connectivity index (χ0v) is 31.8. The number of allylic oxidation sites excluding steroid dienone is 1. The monoisotopic (exact) mass is 912 g/mol. The smallest absolute Gasteiger partial charge is 0.358 e. The maximum atomic E-state index is 14.6. The van der Waals surface area contributed by atoms with Gasteiger partial charge in [0.25, 0.3) is 0 Å². The molecule has 17 heteroatoms. The van der Waals surface area contributed by atoms with Crippen LogP contribution in [-0.4, -0.2) is 6.15 Å². The van der Waals surface area contributed by atoms with Crippen LogP contribution >= 0.6 is 0 Å². The molecule has 4 rings (SSSR count). The van der Waals surface area contributed by atoms with Gasteiger partial charge in [-0.1, -0.05) is 41.5 Å². The van der Waals surface area contributed by atoms with Crippen LogP contribution < -0.4 is 16.4 Å². The second-order valence-electron chi connectivity index (χ2n) is 11.3. The molecular formula is C34H28BF15Hf+. The molecule has 0 saturated heterocycles. The molecular weight excluding hydrogens is 883 g/mol. The third-order valence-electron chi connectivity index (χ3n) is 8.28. The van der Waals surface area contributed by atoms with Crippen LogP contribution in [0.5, 0.6) is 0 Å². The van der Waals surface area contributed by atoms with Gasteiger partial charge in [0.2, 0.25) is 0 Å². The summed E-state index contributed by atoms with van der Waals surface area (Å²) in [6.07, 6.45) is -5.41. The minimum atomic E-state index is -5.41. The SMILES string of the molecule is C=C([CH2-])C.C[B-](c1c(F)c(F)c(F)c(F)c1F)(c1c(F)c(F)c(F)c(F)c1F)c1c(F)c(F)c(F)c(F)c1F.C[C]1[C](C)[C](C)[C](C)[C]1C.[CH3-].[Hf+4]. The van der Waals surface area contributed by atoms with Crippen molar-refractivity contribution >= 4 is 22.5 Å². The Labute approximate surface area is 305 Å². The van der Waals surface area contributed by atoms with Crippen LogP contribution in [0.4, 0.5) is 65.9 Å².